The number of rotatable bonds is 6. The van der Waals surface area contributed by atoms with E-state index >= 15 is 0 Å². The molecule has 0 aromatic heterocycles. The Balaban J connectivity index is 2.07. The number of ether oxygens (including phenoxy) is 1. The van der Waals surface area contributed by atoms with Gasteiger partial charge in [0.1, 0.15) is 0 Å². The molecule has 1 heterocycles. The van der Waals surface area contributed by atoms with Crippen molar-refractivity contribution in [1.29, 1.82) is 0 Å². The van der Waals surface area contributed by atoms with Gasteiger partial charge in [-0.05, 0) is 38.6 Å². The summed E-state index contributed by atoms with van der Waals surface area (Å²) in [6, 6.07) is 0.536. The molecule has 1 fully saturated rings. The van der Waals surface area contributed by atoms with Crippen LogP contribution in [0.3, 0.4) is 0 Å². The average molecular weight is 242 g/mol. The molecule has 1 rings (SSSR count). The minimum Gasteiger partial charge on any atom is -0.381 e. The normalized spacial score (nSPS) is 19.0. The summed E-state index contributed by atoms with van der Waals surface area (Å²) in [5.74, 6) is 0.943. The van der Waals surface area contributed by atoms with Gasteiger partial charge < -0.3 is 15.0 Å². The summed E-state index contributed by atoms with van der Waals surface area (Å²) >= 11 is 0. The summed E-state index contributed by atoms with van der Waals surface area (Å²) in [6.07, 6.45) is 3.88. The minimum absolute atomic E-state index is 0.213. The van der Waals surface area contributed by atoms with Crippen molar-refractivity contribution in [2.24, 2.45) is 5.92 Å². The van der Waals surface area contributed by atoms with Gasteiger partial charge in [-0.15, -0.1) is 0 Å². The topological polar surface area (TPSA) is 41.6 Å². The molecule has 1 aliphatic heterocycles. The highest BCUT2D eigenvalue weighted by Gasteiger charge is 2.19. The number of nitrogens with one attached hydrogen (secondary N) is 1. The van der Waals surface area contributed by atoms with E-state index in [1.165, 1.54) is 0 Å². The Kier molecular flexibility index (Phi) is 6.52. The third kappa shape index (κ3) is 5.50. The maximum Gasteiger partial charge on any atom is 0.222 e. The number of nitrogens with zero attached hydrogens (tertiary/aromatic N) is 1. The van der Waals surface area contributed by atoms with Crippen molar-refractivity contribution >= 4 is 5.91 Å². The minimum atomic E-state index is 0.213. The lowest BCUT2D eigenvalue weighted by molar-refractivity contribution is -0.128. The lowest BCUT2D eigenvalue weighted by Crippen LogP contribution is -2.37. The lowest BCUT2D eigenvalue weighted by Gasteiger charge is -2.28. The standard InChI is InChI=1S/C13H26N2O2/c1-11(12-6-9-17-10-7-12)14-8-4-5-13(16)15(2)3/h11-12,14H,4-10H2,1-3H3. The summed E-state index contributed by atoms with van der Waals surface area (Å²) in [4.78, 5) is 13.0. The molecule has 1 saturated heterocycles. The molecule has 0 aromatic carbocycles. The number of hydrogen-bond acceptors (Lipinski definition) is 3. The summed E-state index contributed by atoms with van der Waals surface area (Å²) < 4.78 is 5.36. The highest BCUT2D eigenvalue weighted by Crippen LogP contribution is 2.18. The van der Waals surface area contributed by atoms with E-state index in [0.717, 1.165) is 44.9 Å². The molecule has 1 atom stereocenters. The van der Waals surface area contributed by atoms with Crippen molar-refractivity contribution in [3.8, 4) is 0 Å². The maximum atomic E-state index is 11.4. The van der Waals surface area contributed by atoms with E-state index < -0.39 is 0 Å². The first-order chi connectivity index (χ1) is 8.11. The van der Waals surface area contributed by atoms with Crippen LogP contribution in [0.4, 0.5) is 0 Å². The third-order valence-corrected chi connectivity index (χ3v) is 3.51. The van der Waals surface area contributed by atoms with Crippen molar-refractivity contribution < 1.29 is 9.53 Å². The molecular formula is C13H26N2O2. The van der Waals surface area contributed by atoms with Gasteiger partial charge in [0.05, 0.1) is 0 Å². The van der Waals surface area contributed by atoms with E-state index in [-0.39, 0.29) is 5.91 Å². The zero-order valence-corrected chi connectivity index (χ0v) is 11.4. The van der Waals surface area contributed by atoms with Gasteiger partial charge in [-0.2, -0.15) is 0 Å². The van der Waals surface area contributed by atoms with Gasteiger partial charge in [-0.25, -0.2) is 0 Å². The van der Waals surface area contributed by atoms with Gasteiger partial charge in [0, 0.05) is 39.8 Å². The number of carbonyl (C=O) groups excluding carboxylic acids is 1. The highest BCUT2D eigenvalue weighted by atomic mass is 16.5. The van der Waals surface area contributed by atoms with Crippen LogP contribution in [0.5, 0.6) is 0 Å². The molecule has 1 aliphatic rings. The van der Waals surface area contributed by atoms with E-state index in [1.807, 2.05) is 0 Å². The first-order valence-corrected chi connectivity index (χ1v) is 6.62. The van der Waals surface area contributed by atoms with Gasteiger partial charge in [0.25, 0.3) is 0 Å². The third-order valence-electron chi connectivity index (χ3n) is 3.51. The molecule has 17 heavy (non-hydrogen) atoms. The second-order valence-corrected chi connectivity index (χ2v) is 5.08. The smallest absolute Gasteiger partial charge is 0.222 e. The maximum absolute atomic E-state index is 11.4. The van der Waals surface area contributed by atoms with Gasteiger partial charge in [0.2, 0.25) is 5.91 Å². The van der Waals surface area contributed by atoms with Crippen LogP contribution in [-0.4, -0.2) is 50.7 Å². The van der Waals surface area contributed by atoms with Gasteiger partial charge >= 0.3 is 0 Å². The summed E-state index contributed by atoms with van der Waals surface area (Å²) in [5.41, 5.74) is 0. The van der Waals surface area contributed by atoms with Crippen molar-refractivity contribution in [3.05, 3.63) is 0 Å². The van der Waals surface area contributed by atoms with Crippen LogP contribution < -0.4 is 5.32 Å². The molecule has 0 bridgehead atoms. The van der Waals surface area contributed by atoms with Gasteiger partial charge in [-0.1, -0.05) is 0 Å². The highest BCUT2D eigenvalue weighted by molar-refractivity contribution is 5.75. The van der Waals surface area contributed by atoms with E-state index in [4.69, 9.17) is 4.74 Å². The lowest BCUT2D eigenvalue weighted by atomic mass is 9.93. The van der Waals surface area contributed by atoms with Crippen molar-refractivity contribution in [2.45, 2.75) is 38.6 Å². The molecule has 0 spiro atoms. The Bertz CT molecular complexity index is 225. The van der Waals surface area contributed by atoms with Crippen LogP contribution >= 0.6 is 0 Å². The van der Waals surface area contributed by atoms with Gasteiger partial charge in [0.15, 0.2) is 0 Å². The van der Waals surface area contributed by atoms with E-state index in [2.05, 4.69) is 12.2 Å². The van der Waals surface area contributed by atoms with E-state index in [0.29, 0.717) is 12.5 Å². The zero-order chi connectivity index (χ0) is 12.7. The molecular weight excluding hydrogens is 216 g/mol. The molecule has 1 N–H and O–H groups in total. The summed E-state index contributed by atoms with van der Waals surface area (Å²) in [5, 5.41) is 3.52. The Hall–Kier alpha value is -0.610. The molecule has 0 saturated carbocycles. The second-order valence-electron chi connectivity index (χ2n) is 5.08. The predicted octanol–water partition coefficient (Wildman–Crippen LogP) is 1.26. The molecule has 4 heteroatoms. The first-order valence-electron chi connectivity index (χ1n) is 6.62. The zero-order valence-electron chi connectivity index (χ0n) is 11.4. The molecule has 0 radical (unpaired) electrons. The number of amides is 1. The van der Waals surface area contributed by atoms with Crippen LogP contribution in [0.2, 0.25) is 0 Å². The summed E-state index contributed by atoms with van der Waals surface area (Å²) in [6.45, 7) is 4.97. The van der Waals surface area contributed by atoms with Crippen molar-refractivity contribution in [1.82, 2.24) is 10.2 Å². The first kappa shape index (κ1) is 14.5. The van der Waals surface area contributed by atoms with Crippen LogP contribution in [0.15, 0.2) is 0 Å². The SMILES string of the molecule is CC(NCCCC(=O)N(C)C)C1CCOCC1. The molecule has 4 nitrogen and oxygen atoms in total. The number of carbonyl (C=O) groups is 1. The van der Waals surface area contributed by atoms with E-state index in [9.17, 15) is 4.79 Å². The predicted molar refractivity (Wildman–Crippen MR) is 68.9 cm³/mol. The average Bonchev–Trinajstić information content (AvgIpc) is 2.35. The Morgan fingerprint density at radius 3 is 2.65 bits per heavy atom. The molecule has 100 valence electrons. The van der Waals surface area contributed by atoms with Crippen LogP contribution in [-0.2, 0) is 9.53 Å². The Morgan fingerprint density at radius 1 is 1.41 bits per heavy atom. The van der Waals surface area contributed by atoms with Crippen LogP contribution in [0, 0.1) is 5.92 Å². The molecule has 0 aromatic rings. The van der Waals surface area contributed by atoms with Crippen molar-refractivity contribution in [3.63, 3.8) is 0 Å². The molecule has 1 amide bonds. The van der Waals surface area contributed by atoms with Gasteiger partial charge in [-0.3, -0.25) is 4.79 Å². The summed E-state index contributed by atoms with van der Waals surface area (Å²) in [7, 11) is 3.61. The van der Waals surface area contributed by atoms with Crippen LogP contribution in [0.25, 0.3) is 0 Å². The Labute approximate surface area is 105 Å². The fourth-order valence-electron chi connectivity index (χ4n) is 2.18. The van der Waals surface area contributed by atoms with Crippen molar-refractivity contribution in [2.75, 3.05) is 33.9 Å². The fraction of sp³-hybridized carbons (Fsp3) is 0.923. The number of hydrogen-bond donors (Lipinski definition) is 1. The molecule has 1 unspecified atom stereocenters. The van der Waals surface area contributed by atoms with E-state index in [1.54, 1.807) is 19.0 Å². The largest absolute Gasteiger partial charge is 0.381 e. The van der Waals surface area contributed by atoms with Crippen LogP contribution in [0.1, 0.15) is 32.6 Å². The monoisotopic (exact) mass is 242 g/mol. The quantitative estimate of drug-likeness (QED) is 0.713. The molecule has 0 aliphatic carbocycles. The Morgan fingerprint density at radius 2 is 2.06 bits per heavy atom. The second kappa shape index (κ2) is 7.67. The fourth-order valence-corrected chi connectivity index (χ4v) is 2.18.